The van der Waals surface area contributed by atoms with E-state index in [4.69, 9.17) is 25.3 Å². The molecule has 0 aliphatic carbocycles. The van der Waals surface area contributed by atoms with Crippen LogP contribution in [0.25, 0.3) is 0 Å². The molecule has 0 fully saturated rings. The minimum absolute atomic E-state index is 0.0884. The Morgan fingerprint density at radius 3 is 2.33 bits per heavy atom. The summed E-state index contributed by atoms with van der Waals surface area (Å²) in [6.07, 6.45) is 0. The number of methoxy groups -OCH3 is 1. The van der Waals surface area contributed by atoms with Crippen LogP contribution >= 0.6 is 11.6 Å². The fourth-order valence-electron chi connectivity index (χ4n) is 2.59. The Kier molecular flexibility index (Phi) is 8.37. The molecule has 0 radical (unpaired) electrons. The smallest absolute Gasteiger partial charge is 0.309 e. The summed E-state index contributed by atoms with van der Waals surface area (Å²) in [6, 6.07) is 11.6. The SMILES string of the molecule is CCS(=O)(=O)Oc1cc(CN(C(=O)COc2ccc(Cl)cc2)C(C)C)ccc1OC. The third kappa shape index (κ3) is 6.81. The molecule has 0 unspecified atom stereocenters. The van der Waals surface area contributed by atoms with Gasteiger partial charge in [-0.25, -0.2) is 0 Å². The first-order valence-corrected chi connectivity index (χ1v) is 11.4. The van der Waals surface area contributed by atoms with E-state index in [1.165, 1.54) is 14.0 Å². The van der Waals surface area contributed by atoms with E-state index in [9.17, 15) is 13.2 Å². The van der Waals surface area contributed by atoms with Crippen LogP contribution < -0.4 is 13.7 Å². The van der Waals surface area contributed by atoms with Crippen LogP contribution in [0.1, 0.15) is 26.3 Å². The summed E-state index contributed by atoms with van der Waals surface area (Å²) in [4.78, 5) is 14.4. The quantitative estimate of drug-likeness (QED) is 0.505. The highest BCUT2D eigenvalue weighted by Crippen LogP contribution is 2.30. The van der Waals surface area contributed by atoms with E-state index < -0.39 is 10.1 Å². The average Bonchev–Trinajstić information content (AvgIpc) is 2.71. The standard InChI is InChI=1S/C21H26ClNO6S/c1-5-30(25,26)29-20-12-16(6-11-19(20)27-4)13-23(15(2)3)21(24)14-28-18-9-7-17(22)8-10-18/h6-12,15H,5,13-14H2,1-4H3. The van der Waals surface area contributed by atoms with E-state index >= 15 is 0 Å². The second-order valence-electron chi connectivity index (χ2n) is 6.77. The van der Waals surface area contributed by atoms with Crippen LogP contribution in [0.2, 0.25) is 5.02 Å². The van der Waals surface area contributed by atoms with Gasteiger partial charge in [0.15, 0.2) is 18.1 Å². The van der Waals surface area contributed by atoms with Gasteiger partial charge in [0.05, 0.1) is 12.9 Å². The van der Waals surface area contributed by atoms with E-state index in [0.717, 1.165) is 0 Å². The number of halogens is 1. The van der Waals surface area contributed by atoms with Crippen LogP contribution in [0.3, 0.4) is 0 Å². The molecule has 1 amide bonds. The summed E-state index contributed by atoms with van der Waals surface area (Å²) in [7, 11) is -2.29. The van der Waals surface area contributed by atoms with Gasteiger partial charge in [0.1, 0.15) is 5.75 Å². The Balaban J connectivity index is 2.15. The van der Waals surface area contributed by atoms with Gasteiger partial charge in [-0.15, -0.1) is 0 Å². The summed E-state index contributed by atoms with van der Waals surface area (Å²) in [6.45, 7) is 5.40. The van der Waals surface area contributed by atoms with Crippen LogP contribution in [-0.2, 0) is 21.5 Å². The Hall–Kier alpha value is -2.45. The van der Waals surface area contributed by atoms with Gasteiger partial charge in [0.2, 0.25) is 0 Å². The van der Waals surface area contributed by atoms with Gasteiger partial charge < -0.3 is 18.6 Å². The van der Waals surface area contributed by atoms with Crippen molar-refractivity contribution in [3.8, 4) is 17.2 Å². The maximum Gasteiger partial charge on any atom is 0.309 e. The fraction of sp³-hybridized carbons (Fsp3) is 0.381. The summed E-state index contributed by atoms with van der Waals surface area (Å²) in [5.74, 6) is 0.550. The molecule has 0 aromatic heterocycles. The third-order valence-electron chi connectivity index (χ3n) is 4.27. The van der Waals surface area contributed by atoms with Crippen molar-refractivity contribution < 1.29 is 26.9 Å². The Morgan fingerprint density at radius 1 is 1.10 bits per heavy atom. The lowest BCUT2D eigenvalue weighted by atomic mass is 10.1. The second kappa shape index (κ2) is 10.5. The largest absolute Gasteiger partial charge is 0.493 e. The van der Waals surface area contributed by atoms with E-state index in [0.29, 0.717) is 22.1 Å². The molecular weight excluding hydrogens is 430 g/mol. The number of amides is 1. The zero-order chi connectivity index (χ0) is 22.3. The van der Waals surface area contributed by atoms with Crippen molar-refractivity contribution in [3.63, 3.8) is 0 Å². The number of nitrogens with zero attached hydrogens (tertiary/aromatic N) is 1. The molecule has 0 saturated carbocycles. The van der Waals surface area contributed by atoms with E-state index in [1.54, 1.807) is 47.4 Å². The molecule has 2 aromatic carbocycles. The van der Waals surface area contributed by atoms with Crippen LogP contribution in [-0.4, -0.2) is 44.7 Å². The van der Waals surface area contributed by atoms with Crippen molar-refractivity contribution in [2.24, 2.45) is 0 Å². The Bertz CT molecular complexity index is 960. The molecule has 9 heteroatoms. The van der Waals surface area contributed by atoms with Gasteiger partial charge in [0, 0.05) is 17.6 Å². The molecule has 0 saturated heterocycles. The molecule has 164 valence electrons. The van der Waals surface area contributed by atoms with Crippen LogP contribution in [0, 0.1) is 0 Å². The van der Waals surface area contributed by atoms with Gasteiger partial charge in [-0.1, -0.05) is 17.7 Å². The van der Waals surface area contributed by atoms with Crippen molar-refractivity contribution in [2.45, 2.75) is 33.4 Å². The zero-order valence-electron chi connectivity index (χ0n) is 17.4. The van der Waals surface area contributed by atoms with Gasteiger partial charge in [0.25, 0.3) is 5.91 Å². The summed E-state index contributed by atoms with van der Waals surface area (Å²) < 4.78 is 39.6. The minimum Gasteiger partial charge on any atom is -0.493 e. The molecule has 0 atom stereocenters. The maximum atomic E-state index is 12.7. The first-order valence-electron chi connectivity index (χ1n) is 9.42. The first kappa shape index (κ1) is 23.8. The molecule has 0 aliphatic heterocycles. The number of carbonyl (C=O) groups excluding carboxylic acids is 1. The molecule has 30 heavy (non-hydrogen) atoms. The van der Waals surface area contributed by atoms with Crippen molar-refractivity contribution in [2.75, 3.05) is 19.5 Å². The summed E-state index contributed by atoms with van der Waals surface area (Å²) in [5, 5.41) is 0.583. The topological polar surface area (TPSA) is 82.1 Å². The predicted molar refractivity (Wildman–Crippen MR) is 116 cm³/mol. The Labute approximate surface area is 182 Å². The lowest BCUT2D eigenvalue weighted by Crippen LogP contribution is -2.39. The fourth-order valence-corrected chi connectivity index (χ4v) is 3.24. The van der Waals surface area contributed by atoms with Crippen molar-refractivity contribution >= 4 is 27.6 Å². The van der Waals surface area contributed by atoms with Gasteiger partial charge in [-0.2, -0.15) is 8.42 Å². The van der Waals surface area contributed by atoms with E-state index in [1.807, 2.05) is 13.8 Å². The number of carbonyl (C=O) groups is 1. The predicted octanol–water partition coefficient (Wildman–Crippen LogP) is 3.89. The minimum atomic E-state index is -3.72. The van der Waals surface area contributed by atoms with Crippen LogP contribution in [0.15, 0.2) is 42.5 Å². The van der Waals surface area contributed by atoms with Crippen LogP contribution in [0.5, 0.6) is 17.2 Å². The first-order chi connectivity index (χ1) is 14.1. The highest BCUT2D eigenvalue weighted by atomic mass is 35.5. The number of ether oxygens (including phenoxy) is 2. The van der Waals surface area contributed by atoms with E-state index in [2.05, 4.69) is 0 Å². The van der Waals surface area contributed by atoms with Gasteiger partial charge in [-0.3, -0.25) is 4.79 Å². The molecule has 0 spiro atoms. The monoisotopic (exact) mass is 455 g/mol. The third-order valence-corrected chi connectivity index (χ3v) is 5.66. The molecule has 0 N–H and O–H groups in total. The lowest BCUT2D eigenvalue weighted by molar-refractivity contribution is -0.135. The number of hydrogen-bond donors (Lipinski definition) is 0. The van der Waals surface area contributed by atoms with Crippen molar-refractivity contribution in [1.29, 1.82) is 0 Å². The lowest BCUT2D eigenvalue weighted by Gasteiger charge is -2.27. The highest BCUT2D eigenvalue weighted by Gasteiger charge is 2.20. The Morgan fingerprint density at radius 2 is 1.77 bits per heavy atom. The van der Waals surface area contributed by atoms with Gasteiger partial charge >= 0.3 is 10.1 Å². The van der Waals surface area contributed by atoms with E-state index in [-0.39, 0.29) is 36.6 Å². The summed E-state index contributed by atoms with van der Waals surface area (Å²) >= 11 is 5.85. The molecule has 0 heterocycles. The normalized spacial score (nSPS) is 11.3. The number of rotatable bonds is 10. The molecule has 2 aromatic rings. The molecule has 2 rings (SSSR count). The molecule has 7 nitrogen and oxygen atoms in total. The molecular formula is C21H26ClNO6S. The van der Waals surface area contributed by atoms with Gasteiger partial charge in [-0.05, 0) is 62.7 Å². The van der Waals surface area contributed by atoms with Crippen LogP contribution in [0.4, 0.5) is 0 Å². The summed E-state index contributed by atoms with van der Waals surface area (Å²) in [5.41, 5.74) is 0.700. The highest BCUT2D eigenvalue weighted by molar-refractivity contribution is 7.87. The second-order valence-corrected chi connectivity index (χ2v) is 9.07. The maximum absolute atomic E-state index is 12.7. The average molecular weight is 456 g/mol. The van der Waals surface area contributed by atoms with Crippen molar-refractivity contribution in [3.05, 3.63) is 53.1 Å². The zero-order valence-corrected chi connectivity index (χ0v) is 19.0. The van der Waals surface area contributed by atoms with Crippen molar-refractivity contribution in [1.82, 2.24) is 4.90 Å². The molecule has 0 aliphatic rings. The molecule has 0 bridgehead atoms. The number of benzene rings is 2. The number of hydrogen-bond acceptors (Lipinski definition) is 6.